The van der Waals surface area contributed by atoms with Crippen molar-refractivity contribution in [3.63, 3.8) is 0 Å². The predicted molar refractivity (Wildman–Crippen MR) is 60.8 cm³/mol. The van der Waals surface area contributed by atoms with Gasteiger partial charge in [0.25, 0.3) is 0 Å². The topological polar surface area (TPSA) is 50.7 Å². The summed E-state index contributed by atoms with van der Waals surface area (Å²) in [7, 11) is 0. The molecule has 1 heterocycles. The average Bonchev–Trinajstić information content (AvgIpc) is 2.33. The summed E-state index contributed by atoms with van der Waals surface area (Å²) < 4.78 is 10.7. The Morgan fingerprint density at radius 3 is 3.12 bits per heavy atom. The van der Waals surface area contributed by atoms with E-state index in [0.717, 1.165) is 18.7 Å². The summed E-state index contributed by atoms with van der Waals surface area (Å²) >= 11 is 0. The van der Waals surface area contributed by atoms with Gasteiger partial charge in [0.15, 0.2) is 11.5 Å². The van der Waals surface area contributed by atoms with Crippen LogP contribution in [0.3, 0.4) is 0 Å². The van der Waals surface area contributed by atoms with Crippen molar-refractivity contribution in [2.75, 3.05) is 26.4 Å². The summed E-state index contributed by atoms with van der Waals surface area (Å²) in [6, 6.07) is 5.60. The van der Waals surface area contributed by atoms with E-state index in [1.54, 1.807) is 6.07 Å². The van der Waals surface area contributed by atoms with Gasteiger partial charge in [-0.15, -0.1) is 0 Å². The van der Waals surface area contributed by atoms with Gasteiger partial charge >= 0.3 is 0 Å². The standard InChI is InChI=1S/C12H17NO3/c1-2-16-11-5-3-4-9(12(11)14)10-8-15-7-6-13-10/h3-5,10,13-14H,2,6-8H2,1H3/t10-/m1/s1. The van der Waals surface area contributed by atoms with Crippen LogP contribution in [0, 0.1) is 0 Å². The van der Waals surface area contributed by atoms with Crippen molar-refractivity contribution < 1.29 is 14.6 Å². The zero-order valence-corrected chi connectivity index (χ0v) is 9.40. The van der Waals surface area contributed by atoms with Gasteiger partial charge in [-0.1, -0.05) is 12.1 Å². The molecule has 88 valence electrons. The highest BCUT2D eigenvalue weighted by Gasteiger charge is 2.20. The third-order valence-electron chi connectivity index (χ3n) is 2.63. The van der Waals surface area contributed by atoms with Gasteiger partial charge in [0.05, 0.1) is 25.9 Å². The third-order valence-corrected chi connectivity index (χ3v) is 2.63. The number of morpholine rings is 1. The maximum absolute atomic E-state index is 10.1. The van der Waals surface area contributed by atoms with Crippen LogP contribution in [0.25, 0.3) is 0 Å². The zero-order valence-electron chi connectivity index (χ0n) is 9.40. The first-order valence-electron chi connectivity index (χ1n) is 5.58. The first kappa shape index (κ1) is 11.2. The minimum atomic E-state index is 0.0501. The smallest absolute Gasteiger partial charge is 0.162 e. The Bertz CT molecular complexity index is 348. The lowest BCUT2D eigenvalue weighted by Crippen LogP contribution is -2.34. The minimum absolute atomic E-state index is 0.0501. The number of benzene rings is 1. The molecule has 2 rings (SSSR count). The SMILES string of the molecule is CCOc1cccc([C@H]2COCCN2)c1O. The fourth-order valence-electron chi connectivity index (χ4n) is 1.86. The summed E-state index contributed by atoms with van der Waals surface area (Å²) in [6.45, 7) is 4.56. The fourth-order valence-corrected chi connectivity index (χ4v) is 1.86. The van der Waals surface area contributed by atoms with Crippen LogP contribution in [0.15, 0.2) is 18.2 Å². The molecule has 1 atom stereocenters. The average molecular weight is 223 g/mol. The monoisotopic (exact) mass is 223 g/mol. The second kappa shape index (κ2) is 5.18. The molecule has 0 radical (unpaired) electrons. The number of rotatable bonds is 3. The zero-order chi connectivity index (χ0) is 11.4. The van der Waals surface area contributed by atoms with Gasteiger partial charge in [-0.25, -0.2) is 0 Å². The molecule has 1 fully saturated rings. The maximum atomic E-state index is 10.1. The van der Waals surface area contributed by atoms with Gasteiger partial charge in [0.2, 0.25) is 0 Å². The van der Waals surface area contributed by atoms with E-state index in [1.807, 2.05) is 19.1 Å². The molecule has 4 nitrogen and oxygen atoms in total. The second-order valence-corrected chi connectivity index (χ2v) is 3.71. The quantitative estimate of drug-likeness (QED) is 0.814. The highest BCUT2D eigenvalue weighted by molar-refractivity contribution is 5.47. The Hall–Kier alpha value is -1.26. The number of para-hydroxylation sites is 1. The number of ether oxygens (including phenoxy) is 2. The molecule has 0 unspecified atom stereocenters. The number of nitrogens with one attached hydrogen (secondary N) is 1. The number of phenols is 1. The first-order valence-corrected chi connectivity index (χ1v) is 5.58. The van der Waals surface area contributed by atoms with Crippen LogP contribution in [0.4, 0.5) is 0 Å². The predicted octanol–water partition coefficient (Wildman–Crippen LogP) is 1.45. The van der Waals surface area contributed by atoms with Gasteiger partial charge in [-0.05, 0) is 13.0 Å². The van der Waals surface area contributed by atoms with Crippen LogP contribution in [0.5, 0.6) is 11.5 Å². The van der Waals surface area contributed by atoms with E-state index in [9.17, 15) is 5.11 Å². The molecule has 0 saturated carbocycles. The minimum Gasteiger partial charge on any atom is -0.504 e. The molecule has 1 aliphatic rings. The van der Waals surface area contributed by atoms with E-state index >= 15 is 0 Å². The van der Waals surface area contributed by atoms with Gasteiger partial charge in [0, 0.05) is 12.1 Å². The van der Waals surface area contributed by atoms with E-state index in [-0.39, 0.29) is 11.8 Å². The number of hydrogen-bond donors (Lipinski definition) is 2. The molecule has 0 aliphatic carbocycles. The molecule has 0 bridgehead atoms. The van der Waals surface area contributed by atoms with E-state index < -0.39 is 0 Å². The van der Waals surface area contributed by atoms with Crippen LogP contribution in [0.1, 0.15) is 18.5 Å². The third kappa shape index (κ3) is 2.28. The summed E-state index contributed by atoms with van der Waals surface area (Å²) in [5, 5.41) is 13.4. The molecule has 1 aromatic carbocycles. The molecule has 0 aromatic heterocycles. The van der Waals surface area contributed by atoms with Crippen molar-refractivity contribution in [1.82, 2.24) is 5.32 Å². The van der Waals surface area contributed by atoms with Crippen molar-refractivity contribution in [3.8, 4) is 11.5 Å². The van der Waals surface area contributed by atoms with Crippen molar-refractivity contribution in [3.05, 3.63) is 23.8 Å². The molecule has 0 spiro atoms. The van der Waals surface area contributed by atoms with Gasteiger partial charge < -0.3 is 19.9 Å². The van der Waals surface area contributed by atoms with Crippen molar-refractivity contribution in [2.45, 2.75) is 13.0 Å². The summed E-state index contributed by atoms with van der Waals surface area (Å²) in [4.78, 5) is 0. The maximum Gasteiger partial charge on any atom is 0.162 e. The summed E-state index contributed by atoms with van der Waals surface area (Å²) in [5.41, 5.74) is 0.839. The van der Waals surface area contributed by atoms with E-state index in [2.05, 4.69) is 5.32 Å². The molecule has 1 aromatic rings. The van der Waals surface area contributed by atoms with E-state index in [4.69, 9.17) is 9.47 Å². The number of aromatic hydroxyl groups is 1. The van der Waals surface area contributed by atoms with E-state index in [0.29, 0.717) is 19.0 Å². The molecule has 4 heteroatoms. The van der Waals surface area contributed by atoms with Crippen molar-refractivity contribution >= 4 is 0 Å². The summed E-state index contributed by atoms with van der Waals surface area (Å²) in [6.07, 6.45) is 0. The van der Waals surface area contributed by atoms with Crippen LogP contribution < -0.4 is 10.1 Å². The molecule has 16 heavy (non-hydrogen) atoms. The second-order valence-electron chi connectivity index (χ2n) is 3.71. The van der Waals surface area contributed by atoms with Crippen molar-refractivity contribution in [2.24, 2.45) is 0 Å². The van der Waals surface area contributed by atoms with Crippen molar-refractivity contribution in [1.29, 1.82) is 0 Å². The summed E-state index contributed by atoms with van der Waals surface area (Å²) in [5.74, 6) is 0.750. The van der Waals surface area contributed by atoms with Crippen LogP contribution in [-0.4, -0.2) is 31.5 Å². The van der Waals surface area contributed by atoms with Crippen LogP contribution >= 0.6 is 0 Å². The lowest BCUT2D eigenvalue weighted by Gasteiger charge is -2.25. The molecule has 1 aliphatic heterocycles. The Labute approximate surface area is 95.2 Å². The Morgan fingerprint density at radius 2 is 2.44 bits per heavy atom. The lowest BCUT2D eigenvalue weighted by atomic mass is 10.1. The van der Waals surface area contributed by atoms with Gasteiger partial charge in [-0.3, -0.25) is 0 Å². The van der Waals surface area contributed by atoms with Crippen LogP contribution in [0.2, 0.25) is 0 Å². The molecule has 0 amide bonds. The molecule has 1 saturated heterocycles. The Balaban J connectivity index is 2.22. The van der Waals surface area contributed by atoms with Gasteiger partial charge in [-0.2, -0.15) is 0 Å². The van der Waals surface area contributed by atoms with Gasteiger partial charge in [0.1, 0.15) is 0 Å². The van der Waals surface area contributed by atoms with Crippen LogP contribution in [-0.2, 0) is 4.74 Å². The fraction of sp³-hybridized carbons (Fsp3) is 0.500. The molecule has 2 N–H and O–H groups in total. The Kier molecular flexibility index (Phi) is 3.64. The number of phenolic OH excluding ortho intramolecular Hbond substituents is 1. The lowest BCUT2D eigenvalue weighted by molar-refractivity contribution is 0.0759. The highest BCUT2D eigenvalue weighted by atomic mass is 16.5. The highest BCUT2D eigenvalue weighted by Crippen LogP contribution is 2.34. The number of hydrogen-bond acceptors (Lipinski definition) is 4. The first-order chi connectivity index (χ1) is 7.83. The molecular weight excluding hydrogens is 206 g/mol. The molecular formula is C12H17NO3. The largest absolute Gasteiger partial charge is 0.504 e. The Morgan fingerprint density at radius 1 is 1.56 bits per heavy atom. The van der Waals surface area contributed by atoms with E-state index in [1.165, 1.54) is 0 Å². The normalized spacial score (nSPS) is 20.7.